The SMILES string of the molecule is ClCCCCCC(Cl)(Br)Br. The highest BCUT2D eigenvalue weighted by atomic mass is 79.9. The van der Waals surface area contributed by atoms with E-state index in [9.17, 15) is 0 Å². The lowest BCUT2D eigenvalue weighted by Gasteiger charge is -2.09. The van der Waals surface area contributed by atoms with Crippen molar-refractivity contribution in [2.75, 3.05) is 5.88 Å². The van der Waals surface area contributed by atoms with Crippen LogP contribution in [0.3, 0.4) is 0 Å². The largest absolute Gasteiger partial charge is 0.153 e. The molecule has 0 spiro atoms. The fraction of sp³-hybridized carbons (Fsp3) is 1.00. The van der Waals surface area contributed by atoms with Gasteiger partial charge in [0, 0.05) is 5.88 Å². The Bertz CT molecular complexity index is 80.3. The van der Waals surface area contributed by atoms with Crippen molar-refractivity contribution >= 4 is 55.1 Å². The molecule has 0 aliphatic rings. The lowest BCUT2D eigenvalue weighted by Crippen LogP contribution is -1.98. The smallest absolute Gasteiger partial charge is 0.127 e. The van der Waals surface area contributed by atoms with Gasteiger partial charge in [-0.3, -0.25) is 0 Å². The summed E-state index contributed by atoms with van der Waals surface area (Å²) in [6.45, 7) is 0. The van der Waals surface area contributed by atoms with Crippen molar-refractivity contribution in [3.8, 4) is 0 Å². The highest BCUT2D eigenvalue weighted by Crippen LogP contribution is 2.36. The minimum absolute atomic E-state index is 0.397. The molecule has 0 bridgehead atoms. The number of unbranched alkanes of at least 4 members (excludes halogenated alkanes) is 2. The van der Waals surface area contributed by atoms with Gasteiger partial charge in [0.05, 0.1) is 0 Å². The minimum atomic E-state index is -0.397. The second-order valence-corrected chi connectivity index (χ2v) is 7.82. The Hall–Kier alpha value is 1.54. The van der Waals surface area contributed by atoms with Crippen LogP contribution in [0, 0.1) is 0 Å². The summed E-state index contributed by atoms with van der Waals surface area (Å²) in [6.07, 6.45) is 4.25. The molecule has 0 aromatic rings. The van der Waals surface area contributed by atoms with Crippen LogP contribution in [0.25, 0.3) is 0 Å². The van der Waals surface area contributed by atoms with Gasteiger partial charge in [0.15, 0.2) is 2.69 Å². The molecule has 0 unspecified atom stereocenters. The zero-order chi connectivity index (χ0) is 8.04. The van der Waals surface area contributed by atoms with Crippen LogP contribution in [0.15, 0.2) is 0 Å². The Balaban J connectivity index is 3.04. The van der Waals surface area contributed by atoms with E-state index in [4.69, 9.17) is 23.2 Å². The monoisotopic (exact) mass is 310 g/mol. The maximum Gasteiger partial charge on any atom is 0.153 e. The van der Waals surface area contributed by atoms with E-state index >= 15 is 0 Å². The second-order valence-electron chi connectivity index (χ2n) is 2.11. The van der Waals surface area contributed by atoms with Crippen LogP contribution in [0.5, 0.6) is 0 Å². The van der Waals surface area contributed by atoms with E-state index in [-0.39, 0.29) is 0 Å². The molecule has 0 aromatic carbocycles. The summed E-state index contributed by atoms with van der Waals surface area (Å²) < 4.78 is -0.397. The van der Waals surface area contributed by atoms with E-state index in [1.807, 2.05) is 0 Å². The number of hydrogen-bond donors (Lipinski definition) is 0. The molecule has 0 atom stereocenters. The molecule has 0 N–H and O–H groups in total. The van der Waals surface area contributed by atoms with Crippen molar-refractivity contribution < 1.29 is 0 Å². The third kappa shape index (κ3) is 9.54. The molecule has 0 heterocycles. The predicted octanol–water partition coefficient (Wildman–Crippen LogP) is 4.47. The number of halogens is 4. The molecule has 10 heavy (non-hydrogen) atoms. The molecule has 0 aliphatic heterocycles. The standard InChI is InChI=1S/C6H10Br2Cl2/c7-6(8,10)4-2-1-3-5-9/h1-5H2. The van der Waals surface area contributed by atoms with E-state index in [0.717, 1.165) is 31.6 Å². The Morgan fingerprint density at radius 3 is 2.10 bits per heavy atom. The van der Waals surface area contributed by atoms with Gasteiger partial charge in [-0.15, -0.1) is 11.6 Å². The first-order valence-corrected chi connectivity index (χ1v) is 5.69. The maximum absolute atomic E-state index is 5.81. The quantitative estimate of drug-likeness (QED) is 0.519. The average molecular weight is 313 g/mol. The van der Waals surface area contributed by atoms with E-state index in [2.05, 4.69) is 31.9 Å². The number of alkyl halides is 4. The van der Waals surface area contributed by atoms with Crippen molar-refractivity contribution in [1.29, 1.82) is 0 Å². The average Bonchev–Trinajstić information content (AvgIpc) is 1.78. The fourth-order valence-electron chi connectivity index (χ4n) is 0.597. The number of hydrogen-bond acceptors (Lipinski definition) is 0. The first-order valence-electron chi connectivity index (χ1n) is 3.19. The summed E-state index contributed by atoms with van der Waals surface area (Å²) in [5.74, 6) is 0.750. The normalized spacial score (nSPS) is 12.0. The highest BCUT2D eigenvalue weighted by Gasteiger charge is 2.16. The summed E-state index contributed by atoms with van der Waals surface area (Å²) >= 11 is 17.9. The molecule has 0 nitrogen and oxygen atoms in total. The predicted molar refractivity (Wildman–Crippen MR) is 55.6 cm³/mol. The zero-order valence-electron chi connectivity index (χ0n) is 5.55. The van der Waals surface area contributed by atoms with Gasteiger partial charge >= 0.3 is 0 Å². The molecule has 0 rings (SSSR count). The van der Waals surface area contributed by atoms with E-state index < -0.39 is 2.69 Å². The summed E-state index contributed by atoms with van der Waals surface area (Å²) in [4.78, 5) is 0. The van der Waals surface area contributed by atoms with Crippen LogP contribution < -0.4 is 0 Å². The van der Waals surface area contributed by atoms with Gasteiger partial charge in [-0.2, -0.15) is 0 Å². The van der Waals surface area contributed by atoms with Gasteiger partial charge in [-0.1, -0.05) is 49.9 Å². The Labute approximate surface area is 88.9 Å². The van der Waals surface area contributed by atoms with Gasteiger partial charge in [0.25, 0.3) is 0 Å². The van der Waals surface area contributed by atoms with E-state index in [1.54, 1.807) is 0 Å². The molecule has 0 fully saturated rings. The van der Waals surface area contributed by atoms with Gasteiger partial charge < -0.3 is 0 Å². The molecule has 62 valence electrons. The van der Waals surface area contributed by atoms with E-state index in [0.29, 0.717) is 0 Å². The highest BCUT2D eigenvalue weighted by molar-refractivity contribution is 9.26. The van der Waals surface area contributed by atoms with Crippen molar-refractivity contribution in [3.63, 3.8) is 0 Å². The fourth-order valence-corrected chi connectivity index (χ4v) is 1.48. The summed E-state index contributed by atoms with van der Waals surface area (Å²) in [7, 11) is 0. The zero-order valence-corrected chi connectivity index (χ0v) is 10.2. The van der Waals surface area contributed by atoms with Crippen LogP contribution in [0.1, 0.15) is 25.7 Å². The van der Waals surface area contributed by atoms with Gasteiger partial charge in [-0.25, -0.2) is 0 Å². The molecule has 0 saturated carbocycles. The van der Waals surface area contributed by atoms with Gasteiger partial charge in [0.1, 0.15) is 0 Å². The third-order valence-electron chi connectivity index (χ3n) is 1.09. The minimum Gasteiger partial charge on any atom is -0.127 e. The first kappa shape index (κ1) is 11.5. The van der Waals surface area contributed by atoms with Crippen LogP contribution in [-0.4, -0.2) is 8.57 Å². The first-order chi connectivity index (χ1) is 4.56. The molecular weight excluding hydrogens is 303 g/mol. The molecule has 0 aromatic heterocycles. The summed E-state index contributed by atoms with van der Waals surface area (Å²) in [6, 6.07) is 0. The van der Waals surface area contributed by atoms with E-state index in [1.165, 1.54) is 0 Å². The Morgan fingerprint density at radius 2 is 1.70 bits per heavy atom. The topological polar surface area (TPSA) is 0 Å². The van der Waals surface area contributed by atoms with Gasteiger partial charge in [0.2, 0.25) is 0 Å². The lowest BCUT2D eigenvalue weighted by atomic mass is 10.2. The van der Waals surface area contributed by atoms with Crippen LogP contribution in [-0.2, 0) is 0 Å². The lowest BCUT2D eigenvalue weighted by molar-refractivity contribution is 0.691. The van der Waals surface area contributed by atoms with Crippen LogP contribution in [0.2, 0.25) is 0 Å². The molecule has 0 amide bonds. The molecule has 4 heteroatoms. The molecule has 0 radical (unpaired) electrons. The van der Waals surface area contributed by atoms with Crippen molar-refractivity contribution in [2.24, 2.45) is 0 Å². The molecule has 0 aliphatic carbocycles. The summed E-state index contributed by atoms with van der Waals surface area (Å²) in [5.41, 5.74) is 0. The Morgan fingerprint density at radius 1 is 1.10 bits per heavy atom. The van der Waals surface area contributed by atoms with Crippen molar-refractivity contribution in [3.05, 3.63) is 0 Å². The van der Waals surface area contributed by atoms with Crippen LogP contribution >= 0.6 is 55.1 Å². The van der Waals surface area contributed by atoms with Crippen LogP contribution in [0.4, 0.5) is 0 Å². The maximum atomic E-state index is 5.81. The number of rotatable bonds is 5. The molecular formula is C6H10Br2Cl2. The second kappa shape index (κ2) is 6.10. The van der Waals surface area contributed by atoms with Crippen molar-refractivity contribution in [1.82, 2.24) is 0 Å². The third-order valence-corrected chi connectivity index (χ3v) is 2.34. The molecule has 0 saturated heterocycles. The summed E-state index contributed by atoms with van der Waals surface area (Å²) in [5, 5.41) is 0. The Kier molecular flexibility index (Phi) is 7.04. The van der Waals surface area contributed by atoms with Gasteiger partial charge in [-0.05, 0) is 19.3 Å². The van der Waals surface area contributed by atoms with Crippen molar-refractivity contribution in [2.45, 2.75) is 28.4 Å².